The van der Waals surface area contributed by atoms with Gasteiger partial charge in [-0.1, -0.05) is 36.4 Å². The summed E-state index contributed by atoms with van der Waals surface area (Å²) < 4.78 is 12.3. The Bertz CT molecular complexity index is 906. The maximum Gasteiger partial charge on any atom is 0.257 e. The van der Waals surface area contributed by atoms with Crippen LogP contribution in [0.15, 0.2) is 60.9 Å². The summed E-state index contributed by atoms with van der Waals surface area (Å²) in [7, 11) is 4.96. The Morgan fingerprint density at radius 2 is 1.78 bits per heavy atom. The average molecular weight is 365 g/mol. The molecule has 0 aliphatic heterocycles. The van der Waals surface area contributed by atoms with Gasteiger partial charge in [0, 0.05) is 19.8 Å². The molecule has 0 saturated heterocycles. The van der Waals surface area contributed by atoms with Crippen LogP contribution in [0.2, 0.25) is 0 Å². The number of amides is 1. The van der Waals surface area contributed by atoms with Gasteiger partial charge in [-0.05, 0) is 23.3 Å². The molecule has 140 valence electrons. The molecule has 3 rings (SSSR count). The van der Waals surface area contributed by atoms with Crippen molar-refractivity contribution in [3.8, 4) is 11.5 Å². The molecule has 0 spiro atoms. The summed E-state index contributed by atoms with van der Waals surface area (Å²) in [6, 6.07) is 15.7. The zero-order valence-corrected chi connectivity index (χ0v) is 15.8. The quantitative estimate of drug-likeness (QED) is 0.645. The van der Waals surface area contributed by atoms with Gasteiger partial charge < -0.3 is 14.4 Å². The molecular formula is C21H23N3O3. The standard InChI is InChI=1S/C21H23N3O3/c1-23(13-17-9-10-19(26-2)20(11-17)27-3)21(25)18-12-22-24(15-18)14-16-7-5-4-6-8-16/h4-12,15H,13-14H2,1-3H3. The van der Waals surface area contributed by atoms with E-state index in [9.17, 15) is 4.79 Å². The van der Waals surface area contributed by atoms with Crippen LogP contribution in [0.25, 0.3) is 0 Å². The second-order valence-electron chi connectivity index (χ2n) is 6.26. The van der Waals surface area contributed by atoms with Crippen LogP contribution >= 0.6 is 0 Å². The maximum atomic E-state index is 12.7. The fraction of sp³-hybridized carbons (Fsp3) is 0.238. The molecule has 3 aromatic rings. The molecule has 0 atom stereocenters. The van der Waals surface area contributed by atoms with E-state index in [2.05, 4.69) is 5.10 Å². The summed E-state index contributed by atoms with van der Waals surface area (Å²) in [6.07, 6.45) is 3.39. The number of methoxy groups -OCH3 is 2. The van der Waals surface area contributed by atoms with Gasteiger partial charge in [-0.25, -0.2) is 0 Å². The fourth-order valence-electron chi connectivity index (χ4n) is 2.88. The molecule has 0 aliphatic carbocycles. The maximum absolute atomic E-state index is 12.7. The summed E-state index contributed by atoms with van der Waals surface area (Å²) in [5.41, 5.74) is 2.66. The minimum absolute atomic E-state index is 0.0795. The first-order valence-corrected chi connectivity index (χ1v) is 8.63. The molecule has 0 fully saturated rings. The van der Waals surface area contributed by atoms with Crippen LogP contribution in [-0.4, -0.2) is 41.9 Å². The molecule has 1 heterocycles. The van der Waals surface area contributed by atoms with Crippen LogP contribution in [0, 0.1) is 0 Å². The Kier molecular flexibility index (Phi) is 5.76. The van der Waals surface area contributed by atoms with Crippen molar-refractivity contribution in [2.75, 3.05) is 21.3 Å². The fourth-order valence-corrected chi connectivity index (χ4v) is 2.88. The van der Waals surface area contributed by atoms with E-state index in [0.717, 1.165) is 11.1 Å². The summed E-state index contributed by atoms with van der Waals surface area (Å²) in [5, 5.41) is 4.30. The highest BCUT2D eigenvalue weighted by atomic mass is 16.5. The van der Waals surface area contributed by atoms with Gasteiger partial charge in [-0.15, -0.1) is 0 Å². The molecule has 1 amide bonds. The first-order valence-electron chi connectivity index (χ1n) is 8.63. The van der Waals surface area contributed by atoms with Crippen LogP contribution in [0.1, 0.15) is 21.5 Å². The van der Waals surface area contributed by atoms with E-state index in [-0.39, 0.29) is 5.91 Å². The Morgan fingerprint density at radius 1 is 1.04 bits per heavy atom. The molecule has 0 saturated carbocycles. The highest BCUT2D eigenvalue weighted by Gasteiger charge is 2.15. The van der Waals surface area contributed by atoms with Crippen molar-refractivity contribution < 1.29 is 14.3 Å². The summed E-state index contributed by atoms with van der Waals surface area (Å²) in [4.78, 5) is 14.4. The van der Waals surface area contributed by atoms with Gasteiger partial charge in [0.2, 0.25) is 0 Å². The van der Waals surface area contributed by atoms with E-state index < -0.39 is 0 Å². The van der Waals surface area contributed by atoms with E-state index in [4.69, 9.17) is 9.47 Å². The number of aromatic nitrogens is 2. The predicted octanol–water partition coefficient (Wildman–Crippen LogP) is 3.22. The lowest BCUT2D eigenvalue weighted by Crippen LogP contribution is -2.25. The van der Waals surface area contributed by atoms with E-state index in [1.165, 1.54) is 0 Å². The second-order valence-corrected chi connectivity index (χ2v) is 6.26. The number of carbonyl (C=O) groups excluding carboxylic acids is 1. The van der Waals surface area contributed by atoms with Gasteiger partial charge >= 0.3 is 0 Å². The molecule has 6 heteroatoms. The SMILES string of the molecule is COc1ccc(CN(C)C(=O)c2cnn(Cc3ccccc3)c2)cc1OC. The number of ether oxygens (including phenoxy) is 2. The minimum atomic E-state index is -0.0795. The first-order chi connectivity index (χ1) is 13.1. The molecular weight excluding hydrogens is 342 g/mol. The molecule has 0 N–H and O–H groups in total. The van der Waals surface area contributed by atoms with Crippen molar-refractivity contribution in [3.63, 3.8) is 0 Å². The van der Waals surface area contributed by atoms with Crippen LogP contribution in [0.4, 0.5) is 0 Å². The van der Waals surface area contributed by atoms with Gasteiger partial charge in [0.05, 0.1) is 32.5 Å². The summed E-state index contributed by atoms with van der Waals surface area (Å²) >= 11 is 0. The van der Waals surface area contributed by atoms with Crippen molar-refractivity contribution in [2.45, 2.75) is 13.1 Å². The monoisotopic (exact) mass is 365 g/mol. The lowest BCUT2D eigenvalue weighted by Gasteiger charge is -2.17. The zero-order valence-electron chi connectivity index (χ0n) is 15.8. The number of hydrogen-bond acceptors (Lipinski definition) is 4. The zero-order chi connectivity index (χ0) is 19.2. The van der Waals surface area contributed by atoms with Crippen LogP contribution in [0.5, 0.6) is 11.5 Å². The van der Waals surface area contributed by atoms with Gasteiger partial charge in [0.25, 0.3) is 5.91 Å². The molecule has 6 nitrogen and oxygen atoms in total. The largest absolute Gasteiger partial charge is 0.493 e. The van der Waals surface area contributed by atoms with Crippen molar-refractivity contribution in [1.29, 1.82) is 0 Å². The van der Waals surface area contributed by atoms with E-state index in [1.807, 2.05) is 48.5 Å². The van der Waals surface area contributed by atoms with Gasteiger partial charge in [0.15, 0.2) is 11.5 Å². The number of benzene rings is 2. The van der Waals surface area contributed by atoms with E-state index >= 15 is 0 Å². The van der Waals surface area contributed by atoms with Gasteiger partial charge in [-0.3, -0.25) is 9.48 Å². The Labute approximate surface area is 158 Å². The third kappa shape index (κ3) is 4.47. The average Bonchev–Trinajstić information content (AvgIpc) is 3.16. The second kappa shape index (κ2) is 8.40. The lowest BCUT2D eigenvalue weighted by molar-refractivity contribution is 0.0785. The normalized spacial score (nSPS) is 10.5. The topological polar surface area (TPSA) is 56.6 Å². The van der Waals surface area contributed by atoms with Crippen molar-refractivity contribution in [1.82, 2.24) is 14.7 Å². The first kappa shape index (κ1) is 18.5. The minimum Gasteiger partial charge on any atom is -0.493 e. The molecule has 27 heavy (non-hydrogen) atoms. The van der Waals surface area contributed by atoms with Gasteiger partial charge in [-0.2, -0.15) is 5.10 Å². The Balaban J connectivity index is 1.67. The van der Waals surface area contributed by atoms with Crippen molar-refractivity contribution in [2.24, 2.45) is 0 Å². The van der Waals surface area contributed by atoms with Crippen molar-refractivity contribution in [3.05, 3.63) is 77.6 Å². The number of rotatable bonds is 7. The van der Waals surface area contributed by atoms with Crippen molar-refractivity contribution >= 4 is 5.91 Å². The van der Waals surface area contributed by atoms with E-state index in [1.54, 1.807) is 43.2 Å². The third-order valence-corrected chi connectivity index (χ3v) is 4.28. The highest BCUT2D eigenvalue weighted by molar-refractivity contribution is 5.93. The van der Waals surface area contributed by atoms with Crippen LogP contribution in [0.3, 0.4) is 0 Å². The Hall–Kier alpha value is -3.28. The third-order valence-electron chi connectivity index (χ3n) is 4.28. The number of carbonyl (C=O) groups is 1. The highest BCUT2D eigenvalue weighted by Crippen LogP contribution is 2.28. The molecule has 0 radical (unpaired) electrons. The molecule has 0 aliphatic rings. The van der Waals surface area contributed by atoms with Crippen LogP contribution < -0.4 is 9.47 Å². The number of nitrogens with zero attached hydrogens (tertiary/aromatic N) is 3. The number of hydrogen-bond donors (Lipinski definition) is 0. The summed E-state index contributed by atoms with van der Waals surface area (Å²) in [6.45, 7) is 1.09. The molecule has 1 aromatic heterocycles. The lowest BCUT2D eigenvalue weighted by atomic mass is 10.2. The summed E-state index contributed by atoms with van der Waals surface area (Å²) in [5.74, 6) is 1.23. The molecule has 0 unspecified atom stereocenters. The molecule has 2 aromatic carbocycles. The molecule has 0 bridgehead atoms. The van der Waals surface area contributed by atoms with E-state index in [0.29, 0.717) is 30.2 Å². The Morgan fingerprint density at radius 3 is 2.48 bits per heavy atom. The predicted molar refractivity (Wildman–Crippen MR) is 103 cm³/mol. The van der Waals surface area contributed by atoms with Gasteiger partial charge in [0.1, 0.15) is 0 Å². The smallest absolute Gasteiger partial charge is 0.257 e. The van der Waals surface area contributed by atoms with Crippen LogP contribution in [-0.2, 0) is 13.1 Å².